The van der Waals surface area contributed by atoms with Gasteiger partial charge in [0.1, 0.15) is 36.4 Å². The van der Waals surface area contributed by atoms with E-state index in [4.69, 9.17) is 16.3 Å². The Labute approximate surface area is 90.4 Å². The number of hydrogen-bond acceptors (Lipinski definition) is 6. The summed E-state index contributed by atoms with van der Waals surface area (Å²) in [7, 11) is 0. The summed E-state index contributed by atoms with van der Waals surface area (Å²) in [6, 6.07) is 5.20. The van der Waals surface area contributed by atoms with Crippen molar-refractivity contribution in [1.29, 1.82) is 10.5 Å². The first-order valence-electron chi connectivity index (χ1n) is 4.21. The zero-order valence-electron chi connectivity index (χ0n) is 7.99. The zero-order chi connectivity index (χ0) is 11.5. The number of imidazole rings is 1. The Hall–Kier alpha value is -2.93. The van der Waals surface area contributed by atoms with E-state index in [-0.39, 0.29) is 17.2 Å². The van der Waals surface area contributed by atoms with Crippen LogP contribution in [0.25, 0.3) is 5.82 Å². The van der Waals surface area contributed by atoms with Crippen molar-refractivity contribution in [3.8, 4) is 18.0 Å². The Balaban J connectivity index is 2.63. The summed E-state index contributed by atoms with van der Waals surface area (Å²) < 4.78 is 1.39. The summed E-state index contributed by atoms with van der Waals surface area (Å²) in [5, 5.41) is 17.6. The minimum atomic E-state index is 0.0553. The van der Waals surface area contributed by atoms with E-state index >= 15 is 0 Å². The fraction of sp³-hybridized carbons (Fsp3) is 0. The van der Waals surface area contributed by atoms with Gasteiger partial charge in [-0.2, -0.15) is 10.5 Å². The van der Waals surface area contributed by atoms with Crippen LogP contribution in [0.5, 0.6) is 0 Å². The number of nitrogens with zero attached hydrogens (tertiary/aromatic N) is 6. The third kappa shape index (κ3) is 1.42. The number of aromatic nitrogens is 4. The second kappa shape index (κ2) is 3.67. The molecule has 0 unspecified atom stereocenters. The predicted octanol–water partition coefficient (Wildman–Crippen LogP) is -0.0121. The molecule has 0 aliphatic heterocycles. The maximum absolute atomic E-state index is 8.91. The minimum absolute atomic E-state index is 0.0553. The van der Waals surface area contributed by atoms with Crippen LogP contribution in [-0.4, -0.2) is 19.5 Å². The molecule has 2 N–H and O–H groups in total. The van der Waals surface area contributed by atoms with Crippen molar-refractivity contribution >= 4 is 5.82 Å². The topological polar surface area (TPSA) is 117 Å². The van der Waals surface area contributed by atoms with Crippen molar-refractivity contribution in [2.24, 2.45) is 0 Å². The van der Waals surface area contributed by atoms with Crippen molar-refractivity contribution in [2.45, 2.75) is 0 Å². The van der Waals surface area contributed by atoms with E-state index in [1.165, 1.54) is 23.3 Å². The van der Waals surface area contributed by atoms with E-state index < -0.39 is 0 Å². The maximum Gasteiger partial charge on any atom is 0.177 e. The molecule has 0 bridgehead atoms. The molecule has 0 saturated carbocycles. The first-order valence-corrected chi connectivity index (χ1v) is 4.21. The summed E-state index contributed by atoms with van der Waals surface area (Å²) in [6.07, 6.45) is 2.62. The van der Waals surface area contributed by atoms with Crippen molar-refractivity contribution < 1.29 is 0 Å². The van der Waals surface area contributed by atoms with Gasteiger partial charge in [-0.05, 0) is 0 Å². The van der Waals surface area contributed by atoms with Gasteiger partial charge in [0.05, 0.1) is 0 Å². The summed E-state index contributed by atoms with van der Waals surface area (Å²) >= 11 is 0. The molecule has 7 nitrogen and oxygen atoms in total. The molecule has 0 amide bonds. The quantitative estimate of drug-likeness (QED) is 0.708. The zero-order valence-corrected chi connectivity index (χ0v) is 7.99. The number of hydrogen-bond donors (Lipinski definition) is 1. The average Bonchev–Trinajstić information content (AvgIpc) is 2.71. The van der Waals surface area contributed by atoms with E-state index in [0.29, 0.717) is 5.82 Å². The van der Waals surface area contributed by atoms with E-state index in [1.54, 1.807) is 0 Å². The van der Waals surface area contributed by atoms with Crippen LogP contribution < -0.4 is 5.73 Å². The average molecular weight is 211 g/mol. The van der Waals surface area contributed by atoms with Gasteiger partial charge in [-0.25, -0.2) is 15.0 Å². The number of nitriles is 2. The van der Waals surface area contributed by atoms with Gasteiger partial charge >= 0.3 is 0 Å². The molecule has 0 aliphatic carbocycles. The Morgan fingerprint density at radius 3 is 2.62 bits per heavy atom. The highest BCUT2D eigenvalue weighted by Gasteiger charge is 2.12. The molecule has 0 spiro atoms. The lowest BCUT2D eigenvalue weighted by Crippen LogP contribution is -2.01. The van der Waals surface area contributed by atoms with Gasteiger partial charge in [-0.15, -0.1) is 0 Å². The molecular weight excluding hydrogens is 206 g/mol. The molecular formula is C9H5N7. The third-order valence-electron chi connectivity index (χ3n) is 1.90. The smallest absolute Gasteiger partial charge is 0.177 e. The van der Waals surface area contributed by atoms with Crippen molar-refractivity contribution in [3.05, 3.63) is 30.1 Å². The summed E-state index contributed by atoms with van der Waals surface area (Å²) in [6.45, 7) is 0. The first kappa shape index (κ1) is 9.62. The lowest BCUT2D eigenvalue weighted by Gasteiger charge is -2.01. The van der Waals surface area contributed by atoms with Gasteiger partial charge in [-0.3, -0.25) is 4.57 Å². The van der Waals surface area contributed by atoms with Crippen molar-refractivity contribution in [1.82, 2.24) is 19.5 Å². The molecule has 2 heterocycles. The van der Waals surface area contributed by atoms with E-state index in [2.05, 4.69) is 15.0 Å². The first-order chi connectivity index (χ1) is 7.76. The minimum Gasteiger partial charge on any atom is -0.384 e. The SMILES string of the molecule is N#Cc1ncn(-c2cc(N)ncn2)c1C#N. The monoisotopic (exact) mass is 211 g/mol. The van der Waals surface area contributed by atoms with Crippen molar-refractivity contribution in [2.75, 3.05) is 5.73 Å². The Morgan fingerprint density at radius 1 is 1.19 bits per heavy atom. The fourth-order valence-electron chi connectivity index (χ4n) is 1.20. The molecule has 76 valence electrons. The summed E-state index contributed by atoms with van der Waals surface area (Å²) in [5.74, 6) is 0.680. The number of nitrogen functional groups attached to an aromatic ring is 1. The highest BCUT2D eigenvalue weighted by atomic mass is 15.1. The number of nitrogens with two attached hydrogens (primary N) is 1. The van der Waals surface area contributed by atoms with Crippen LogP contribution in [0.4, 0.5) is 5.82 Å². The van der Waals surface area contributed by atoms with Crippen LogP contribution in [0.2, 0.25) is 0 Å². The van der Waals surface area contributed by atoms with Crippen LogP contribution in [-0.2, 0) is 0 Å². The standard InChI is InChI=1S/C9H5N7/c10-2-6-7(3-11)16(5-15-6)9-1-8(12)13-4-14-9/h1,4-5H,(H2,12,13,14). The van der Waals surface area contributed by atoms with E-state index in [1.807, 2.05) is 12.1 Å². The number of anilines is 1. The normalized spacial score (nSPS) is 9.38. The van der Waals surface area contributed by atoms with Crippen molar-refractivity contribution in [3.63, 3.8) is 0 Å². The van der Waals surface area contributed by atoms with Crippen LogP contribution in [0.3, 0.4) is 0 Å². The lowest BCUT2D eigenvalue weighted by molar-refractivity contribution is 0.959. The largest absolute Gasteiger partial charge is 0.384 e. The molecule has 0 aromatic carbocycles. The van der Waals surface area contributed by atoms with Gasteiger partial charge < -0.3 is 5.73 Å². The summed E-state index contributed by atoms with van der Waals surface area (Å²) in [4.78, 5) is 11.5. The third-order valence-corrected chi connectivity index (χ3v) is 1.90. The molecule has 7 heteroatoms. The Kier molecular flexibility index (Phi) is 2.21. The predicted molar refractivity (Wildman–Crippen MR) is 53.0 cm³/mol. The van der Waals surface area contributed by atoms with Crippen LogP contribution in [0.1, 0.15) is 11.4 Å². The van der Waals surface area contributed by atoms with Crippen LogP contribution >= 0.6 is 0 Å². The molecule has 16 heavy (non-hydrogen) atoms. The summed E-state index contributed by atoms with van der Waals surface area (Å²) in [5.41, 5.74) is 5.67. The second-order valence-electron chi connectivity index (χ2n) is 2.84. The molecule has 2 rings (SSSR count). The molecule has 2 aromatic rings. The number of rotatable bonds is 1. The Bertz CT molecular complexity index is 614. The lowest BCUT2D eigenvalue weighted by atomic mass is 10.3. The van der Waals surface area contributed by atoms with Gasteiger partial charge in [0.25, 0.3) is 0 Å². The molecule has 0 saturated heterocycles. The highest BCUT2D eigenvalue weighted by molar-refractivity contribution is 5.44. The van der Waals surface area contributed by atoms with E-state index in [9.17, 15) is 0 Å². The highest BCUT2D eigenvalue weighted by Crippen LogP contribution is 2.12. The maximum atomic E-state index is 8.91. The fourth-order valence-corrected chi connectivity index (χ4v) is 1.20. The molecule has 2 aromatic heterocycles. The van der Waals surface area contributed by atoms with Crippen LogP contribution in [0.15, 0.2) is 18.7 Å². The molecule has 0 radical (unpaired) electrons. The molecule has 0 aliphatic rings. The van der Waals surface area contributed by atoms with Gasteiger partial charge in [0.15, 0.2) is 11.4 Å². The van der Waals surface area contributed by atoms with E-state index in [0.717, 1.165) is 0 Å². The van der Waals surface area contributed by atoms with Gasteiger partial charge in [-0.1, -0.05) is 0 Å². The molecule has 0 fully saturated rings. The van der Waals surface area contributed by atoms with Gasteiger partial charge in [0.2, 0.25) is 0 Å². The van der Waals surface area contributed by atoms with Gasteiger partial charge in [0, 0.05) is 6.07 Å². The molecule has 0 atom stereocenters. The second-order valence-corrected chi connectivity index (χ2v) is 2.84. The van der Waals surface area contributed by atoms with Crippen LogP contribution in [0, 0.1) is 22.7 Å². The Morgan fingerprint density at radius 2 is 2.00 bits per heavy atom.